The van der Waals surface area contributed by atoms with Crippen LogP contribution in [0.4, 0.5) is 0 Å². The Morgan fingerprint density at radius 2 is 1.90 bits per heavy atom. The third-order valence-electron chi connectivity index (χ3n) is 1.23. The summed E-state index contributed by atoms with van der Waals surface area (Å²) >= 11 is 3.55. The molecule has 0 fully saturated rings. The molecule has 0 aromatic heterocycles. The number of benzene rings is 1. The van der Waals surface area contributed by atoms with Crippen molar-refractivity contribution in [3.05, 3.63) is 24.3 Å². The molecular formula is C8H9S2. The van der Waals surface area contributed by atoms with Gasteiger partial charge in [-0.2, -0.15) is 0 Å². The highest BCUT2D eigenvalue weighted by Gasteiger charge is 1.95. The molecule has 0 aliphatic rings. The van der Waals surface area contributed by atoms with E-state index in [0.29, 0.717) is 0 Å². The molecule has 1 rings (SSSR count). The van der Waals surface area contributed by atoms with E-state index in [2.05, 4.69) is 24.6 Å². The summed E-state index contributed by atoms with van der Waals surface area (Å²) in [6, 6.07) is 9.12. The summed E-state index contributed by atoms with van der Waals surface area (Å²) in [5.41, 5.74) is 0. The molecule has 53 valence electrons. The summed E-state index contributed by atoms with van der Waals surface area (Å²) in [6.45, 7) is 0. The lowest BCUT2D eigenvalue weighted by molar-refractivity contribution is 1.25. The molecule has 0 aliphatic heterocycles. The molecule has 1 radical (unpaired) electrons. The minimum absolute atomic E-state index is 1.31. The Kier molecular flexibility index (Phi) is 3.16. The van der Waals surface area contributed by atoms with Gasteiger partial charge in [-0.25, -0.2) is 0 Å². The van der Waals surface area contributed by atoms with E-state index in [0.717, 1.165) is 0 Å². The van der Waals surface area contributed by atoms with Crippen LogP contribution < -0.4 is 0 Å². The Balaban J connectivity index is 2.96. The van der Waals surface area contributed by atoms with Crippen LogP contribution in [0, 0.1) is 6.07 Å². The fourth-order valence-electron chi connectivity index (χ4n) is 0.729. The minimum Gasteiger partial charge on any atom is -0.128 e. The molecule has 0 heterocycles. The predicted molar refractivity (Wildman–Crippen MR) is 48.8 cm³/mol. The number of hydrogen-bond acceptors (Lipinski definition) is 2. The molecule has 2 heteroatoms. The van der Waals surface area contributed by atoms with E-state index in [1.165, 1.54) is 9.79 Å². The Morgan fingerprint density at radius 1 is 1.20 bits per heavy atom. The Labute approximate surface area is 70.4 Å². The molecule has 0 amide bonds. The average Bonchev–Trinajstić information content (AvgIpc) is 2.04. The average molecular weight is 169 g/mol. The van der Waals surface area contributed by atoms with Gasteiger partial charge in [0.1, 0.15) is 0 Å². The molecule has 0 nitrogen and oxygen atoms in total. The quantitative estimate of drug-likeness (QED) is 0.624. The molecule has 0 saturated heterocycles. The zero-order valence-corrected chi connectivity index (χ0v) is 7.68. The van der Waals surface area contributed by atoms with E-state index in [1.807, 2.05) is 12.1 Å². The Morgan fingerprint density at radius 3 is 2.40 bits per heavy atom. The maximum absolute atomic E-state index is 3.05. The van der Waals surface area contributed by atoms with Crippen LogP contribution in [0.15, 0.2) is 28.0 Å². The second kappa shape index (κ2) is 3.94. The van der Waals surface area contributed by atoms with Gasteiger partial charge >= 0.3 is 0 Å². The number of thioether (sulfide) groups is 2. The molecule has 0 atom stereocenters. The molecule has 10 heavy (non-hydrogen) atoms. The summed E-state index contributed by atoms with van der Waals surface area (Å²) in [4.78, 5) is 2.65. The standard InChI is InChI=1S/C8H9S2/c1-9-7-5-3-4-6-8(7)10-2/h3,5-6H,1-2H3. The van der Waals surface area contributed by atoms with Gasteiger partial charge in [0, 0.05) is 9.79 Å². The van der Waals surface area contributed by atoms with E-state index in [-0.39, 0.29) is 0 Å². The summed E-state index contributed by atoms with van der Waals surface area (Å²) in [5, 5.41) is 0. The van der Waals surface area contributed by atoms with Crippen LogP contribution in [-0.4, -0.2) is 12.5 Å². The summed E-state index contributed by atoms with van der Waals surface area (Å²) in [6.07, 6.45) is 4.18. The van der Waals surface area contributed by atoms with Gasteiger partial charge in [-0.05, 0) is 30.7 Å². The lowest BCUT2D eigenvalue weighted by atomic mass is 10.4. The van der Waals surface area contributed by atoms with Crippen LogP contribution in [0.5, 0.6) is 0 Å². The Bertz CT molecular complexity index is 185. The van der Waals surface area contributed by atoms with Gasteiger partial charge in [0.2, 0.25) is 0 Å². The fourth-order valence-corrected chi connectivity index (χ4v) is 2.15. The molecule has 0 spiro atoms. The van der Waals surface area contributed by atoms with Gasteiger partial charge in [0.25, 0.3) is 0 Å². The highest BCUT2D eigenvalue weighted by atomic mass is 32.2. The number of hydrogen-bond donors (Lipinski definition) is 0. The first-order valence-corrected chi connectivity index (χ1v) is 5.41. The monoisotopic (exact) mass is 169 g/mol. The van der Waals surface area contributed by atoms with E-state index >= 15 is 0 Å². The van der Waals surface area contributed by atoms with Crippen molar-refractivity contribution < 1.29 is 0 Å². The molecule has 0 N–H and O–H groups in total. The molecule has 1 aromatic carbocycles. The van der Waals surface area contributed by atoms with Crippen LogP contribution in [0.3, 0.4) is 0 Å². The first-order valence-electron chi connectivity index (χ1n) is 2.96. The highest BCUT2D eigenvalue weighted by Crippen LogP contribution is 2.26. The topological polar surface area (TPSA) is 0 Å². The van der Waals surface area contributed by atoms with Gasteiger partial charge in [-0.15, -0.1) is 23.5 Å². The van der Waals surface area contributed by atoms with Crippen molar-refractivity contribution in [1.29, 1.82) is 0 Å². The van der Waals surface area contributed by atoms with E-state index in [9.17, 15) is 0 Å². The van der Waals surface area contributed by atoms with Crippen molar-refractivity contribution in [1.82, 2.24) is 0 Å². The van der Waals surface area contributed by atoms with Gasteiger partial charge in [-0.3, -0.25) is 0 Å². The fraction of sp³-hybridized carbons (Fsp3) is 0.250. The van der Waals surface area contributed by atoms with Crippen LogP contribution in [-0.2, 0) is 0 Å². The SMILES string of the molecule is CSc1c[c]ccc1SC. The lowest BCUT2D eigenvalue weighted by Gasteiger charge is -2.00. The maximum atomic E-state index is 3.05. The summed E-state index contributed by atoms with van der Waals surface area (Å²) < 4.78 is 0. The van der Waals surface area contributed by atoms with Crippen LogP contribution in [0.1, 0.15) is 0 Å². The molecule has 0 aliphatic carbocycles. The van der Waals surface area contributed by atoms with E-state index < -0.39 is 0 Å². The van der Waals surface area contributed by atoms with Gasteiger partial charge in [0.15, 0.2) is 0 Å². The van der Waals surface area contributed by atoms with Crippen molar-refractivity contribution in [3.63, 3.8) is 0 Å². The van der Waals surface area contributed by atoms with E-state index in [4.69, 9.17) is 0 Å². The molecule has 0 unspecified atom stereocenters. The smallest absolute Gasteiger partial charge is 0.0211 e. The van der Waals surface area contributed by atoms with Crippen molar-refractivity contribution in [2.75, 3.05) is 12.5 Å². The first kappa shape index (κ1) is 8.02. The Hall–Kier alpha value is -0.0800. The maximum Gasteiger partial charge on any atom is 0.0211 e. The van der Waals surface area contributed by atoms with Crippen molar-refractivity contribution in [2.24, 2.45) is 0 Å². The summed E-state index contributed by atoms with van der Waals surface area (Å²) in [5.74, 6) is 0. The van der Waals surface area contributed by atoms with Crippen molar-refractivity contribution in [2.45, 2.75) is 9.79 Å². The van der Waals surface area contributed by atoms with E-state index in [1.54, 1.807) is 23.5 Å². The summed E-state index contributed by atoms with van der Waals surface area (Å²) in [7, 11) is 0. The second-order valence-electron chi connectivity index (χ2n) is 1.78. The minimum atomic E-state index is 1.31. The normalized spacial score (nSPS) is 9.80. The largest absolute Gasteiger partial charge is 0.128 e. The molecular weight excluding hydrogens is 160 g/mol. The first-order chi connectivity index (χ1) is 4.88. The zero-order valence-electron chi connectivity index (χ0n) is 6.05. The third-order valence-corrected chi connectivity index (χ3v) is 2.93. The van der Waals surface area contributed by atoms with Gasteiger partial charge in [-0.1, -0.05) is 6.07 Å². The molecule has 1 aromatic rings. The molecule has 0 bridgehead atoms. The predicted octanol–water partition coefficient (Wildman–Crippen LogP) is 2.93. The second-order valence-corrected chi connectivity index (χ2v) is 3.48. The van der Waals surface area contributed by atoms with Gasteiger partial charge in [0.05, 0.1) is 0 Å². The van der Waals surface area contributed by atoms with Crippen LogP contribution in [0.25, 0.3) is 0 Å². The van der Waals surface area contributed by atoms with Crippen LogP contribution in [0.2, 0.25) is 0 Å². The lowest BCUT2D eigenvalue weighted by Crippen LogP contribution is -1.74. The van der Waals surface area contributed by atoms with Crippen molar-refractivity contribution >= 4 is 23.5 Å². The number of rotatable bonds is 2. The highest BCUT2D eigenvalue weighted by molar-refractivity contribution is 8.01. The third kappa shape index (κ3) is 1.70. The van der Waals surface area contributed by atoms with Gasteiger partial charge < -0.3 is 0 Å². The molecule has 0 saturated carbocycles. The van der Waals surface area contributed by atoms with Crippen molar-refractivity contribution in [3.8, 4) is 0 Å². The zero-order chi connectivity index (χ0) is 7.40. The van der Waals surface area contributed by atoms with Crippen LogP contribution >= 0.6 is 23.5 Å².